The highest BCUT2D eigenvalue weighted by Gasteiger charge is 2.30. The van der Waals surface area contributed by atoms with Crippen LogP contribution in [0, 0.1) is 17.2 Å². The van der Waals surface area contributed by atoms with E-state index in [1.807, 2.05) is 23.7 Å². The van der Waals surface area contributed by atoms with Gasteiger partial charge in [0.25, 0.3) is 5.91 Å². The molecule has 2 atom stereocenters. The standard InChI is InChI=1S/C18H21N5O2/c1-2-23-16(6-8-22-23)17-14(4-3-9-25-17)12-21-18(24)15-10-13(11-19)5-7-20-15/h5-8,10,14,17H,2-4,9,12H2,1H3,(H,21,24)/t14-,17+/m0/s1. The Balaban J connectivity index is 1.68. The van der Waals surface area contributed by atoms with Gasteiger partial charge >= 0.3 is 0 Å². The quantitative estimate of drug-likeness (QED) is 0.900. The van der Waals surface area contributed by atoms with Crippen LogP contribution in [-0.4, -0.2) is 33.8 Å². The summed E-state index contributed by atoms with van der Waals surface area (Å²) in [5.74, 6) is -0.0933. The van der Waals surface area contributed by atoms with Gasteiger partial charge in [0.05, 0.1) is 17.3 Å². The predicted octanol–water partition coefficient (Wildman–Crippen LogP) is 2.07. The van der Waals surface area contributed by atoms with E-state index in [0.29, 0.717) is 12.1 Å². The molecule has 3 rings (SSSR count). The number of carbonyl (C=O) groups is 1. The highest BCUT2D eigenvalue weighted by molar-refractivity contribution is 5.92. The van der Waals surface area contributed by atoms with Gasteiger partial charge < -0.3 is 10.1 Å². The fourth-order valence-corrected chi connectivity index (χ4v) is 3.17. The van der Waals surface area contributed by atoms with Crippen LogP contribution in [0.3, 0.4) is 0 Å². The first-order chi connectivity index (χ1) is 12.2. The van der Waals surface area contributed by atoms with Gasteiger partial charge in [-0.05, 0) is 38.0 Å². The van der Waals surface area contributed by atoms with E-state index in [1.54, 1.807) is 12.3 Å². The summed E-state index contributed by atoms with van der Waals surface area (Å²) in [4.78, 5) is 16.4. The summed E-state index contributed by atoms with van der Waals surface area (Å²) >= 11 is 0. The Morgan fingerprint density at radius 2 is 2.36 bits per heavy atom. The molecule has 0 spiro atoms. The number of hydrogen-bond donors (Lipinski definition) is 1. The lowest BCUT2D eigenvalue weighted by Crippen LogP contribution is -2.36. The second kappa shape index (κ2) is 7.90. The van der Waals surface area contributed by atoms with Gasteiger partial charge in [-0.25, -0.2) is 0 Å². The lowest BCUT2D eigenvalue weighted by Gasteiger charge is -2.32. The minimum atomic E-state index is -0.273. The number of rotatable bonds is 5. The number of amides is 1. The molecule has 3 heterocycles. The average molecular weight is 339 g/mol. The van der Waals surface area contributed by atoms with Crippen LogP contribution in [0.25, 0.3) is 0 Å². The molecule has 1 saturated heterocycles. The van der Waals surface area contributed by atoms with Crippen molar-refractivity contribution >= 4 is 5.91 Å². The van der Waals surface area contributed by atoms with Crippen molar-refractivity contribution in [2.24, 2.45) is 5.92 Å². The summed E-state index contributed by atoms with van der Waals surface area (Å²) < 4.78 is 7.91. The maximum atomic E-state index is 12.3. The van der Waals surface area contributed by atoms with E-state index >= 15 is 0 Å². The van der Waals surface area contributed by atoms with Gasteiger partial charge in [0.1, 0.15) is 11.8 Å². The first-order valence-corrected chi connectivity index (χ1v) is 8.50. The van der Waals surface area contributed by atoms with Crippen molar-refractivity contribution in [3.63, 3.8) is 0 Å². The molecule has 7 heteroatoms. The molecule has 1 N–H and O–H groups in total. The SMILES string of the molecule is CCn1nccc1[C@@H]1OCCC[C@H]1CNC(=O)c1cc(C#N)ccn1. The molecule has 7 nitrogen and oxygen atoms in total. The number of hydrogen-bond acceptors (Lipinski definition) is 5. The number of nitriles is 1. The summed E-state index contributed by atoms with van der Waals surface area (Å²) in [7, 11) is 0. The van der Waals surface area contributed by atoms with E-state index in [0.717, 1.165) is 31.7 Å². The van der Waals surface area contributed by atoms with Crippen LogP contribution >= 0.6 is 0 Å². The van der Waals surface area contributed by atoms with Gasteiger partial charge in [-0.1, -0.05) is 0 Å². The van der Waals surface area contributed by atoms with Crippen molar-refractivity contribution in [2.45, 2.75) is 32.4 Å². The van der Waals surface area contributed by atoms with Crippen LogP contribution in [0.1, 0.15) is 47.6 Å². The summed E-state index contributed by atoms with van der Waals surface area (Å²) in [5.41, 5.74) is 1.72. The van der Waals surface area contributed by atoms with Crippen molar-refractivity contribution in [1.29, 1.82) is 5.26 Å². The van der Waals surface area contributed by atoms with Gasteiger partial charge in [-0.3, -0.25) is 14.5 Å². The number of ether oxygens (including phenoxy) is 1. The molecule has 1 amide bonds. The molecule has 2 aromatic rings. The molecule has 0 bridgehead atoms. The monoisotopic (exact) mass is 339 g/mol. The van der Waals surface area contributed by atoms with Crippen LogP contribution in [0.15, 0.2) is 30.6 Å². The average Bonchev–Trinajstić information content (AvgIpc) is 3.15. The lowest BCUT2D eigenvalue weighted by atomic mass is 9.92. The molecule has 0 aromatic carbocycles. The number of nitrogens with one attached hydrogen (secondary N) is 1. The first kappa shape index (κ1) is 17.1. The summed E-state index contributed by atoms with van der Waals surface area (Å²) in [5, 5.41) is 16.2. The Kier molecular flexibility index (Phi) is 5.41. The lowest BCUT2D eigenvalue weighted by molar-refractivity contribution is -0.0321. The van der Waals surface area contributed by atoms with E-state index in [2.05, 4.69) is 15.4 Å². The zero-order valence-electron chi connectivity index (χ0n) is 14.2. The summed E-state index contributed by atoms with van der Waals surface area (Å²) in [6.07, 6.45) is 5.13. The fraction of sp³-hybridized carbons (Fsp3) is 0.444. The molecular formula is C18H21N5O2. The Morgan fingerprint density at radius 3 is 3.16 bits per heavy atom. The highest BCUT2D eigenvalue weighted by Crippen LogP contribution is 2.33. The van der Waals surface area contributed by atoms with Crippen LogP contribution in [0.2, 0.25) is 0 Å². The van der Waals surface area contributed by atoms with Crippen LogP contribution in [0.5, 0.6) is 0 Å². The summed E-state index contributed by atoms with van der Waals surface area (Å²) in [6.45, 7) is 4.04. The van der Waals surface area contributed by atoms with E-state index in [9.17, 15) is 4.79 Å². The second-order valence-corrected chi connectivity index (χ2v) is 6.02. The molecule has 1 aliphatic rings. The largest absolute Gasteiger partial charge is 0.372 e. The highest BCUT2D eigenvalue weighted by atomic mass is 16.5. The van der Waals surface area contributed by atoms with Gasteiger partial charge in [0.2, 0.25) is 0 Å². The molecule has 1 fully saturated rings. The number of carbonyl (C=O) groups excluding carboxylic acids is 1. The normalized spacial score (nSPS) is 20.0. The third kappa shape index (κ3) is 3.86. The summed E-state index contributed by atoms with van der Waals surface area (Å²) in [6, 6.07) is 7.07. The number of aryl methyl sites for hydroxylation is 1. The minimum absolute atomic E-state index is 0.0742. The van der Waals surface area contributed by atoms with Crippen molar-refractivity contribution in [3.05, 3.63) is 47.5 Å². The van der Waals surface area contributed by atoms with E-state index in [-0.39, 0.29) is 23.6 Å². The zero-order chi connectivity index (χ0) is 17.6. The smallest absolute Gasteiger partial charge is 0.269 e. The van der Waals surface area contributed by atoms with Gasteiger partial charge in [0.15, 0.2) is 0 Å². The third-order valence-electron chi connectivity index (χ3n) is 4.43. The molecule has 130 valence electrons. The van der Waals surface area contributed by atoms with E-state index < -0.39 is 0 Å². The fourth-order valence-electron chi connectivity index (χ4n) is 3.17. The zero-order valence-corrected chi connectivity index (χ0v) is 14.2. The van der Waals surface area contributed by atoms with Crippen LogP contribution < -0.4 is 5.32 Å². The minimum Gasteiger partial charge on any atom is -0.372 e. The Bertz CT molecular complexity index is 780. The van der Waals surface area contributed by atoms with Crippen LogP contribution in [0.4, 0.5) is 0 Å². The Labute approximate surface area is 146 Å². The van der Waals surface area contributed by atoms with E-state index in [1.165, 1.54) is 12.3 Å². The molecule has 25 heavy (non-hydrogen) atoms. The van der Waals surface area contributed by atoms with Gasteiger partial charge in [-0.15, -0.1) is 0 Å². The Morgan fingerprint density at radius 1 is 1.48 bits per heavy atom. The van der Waals surface area contributed by atoms with E-state index in [4.69, 9.17) is 10.00 Å². The molecule has 1 aliphatic heterocycles. The molecule has 0 unspecified atom stereocenters. The molecular weight excluding hydrogens is 318 g/mol. The maximum Gasteiger partial charge on any atom is 0.269 e. The van der Waals surface area contributed by atoms with Crippen LogP contribution in [-0.2, 0) is 11.3 Å². The molecule has 0 aliphatic carbocycles. The predicted molar refractivity (Wildman–Crippen MR) is 90.6 cm³/mol. The molecule has 0 saturated carbocycles. The van der Waals surface area contributed by atoms with Crippen molar-refractivity contribution in [2.75, 3.05) is 13.2 Å². The number of aromatic nitrogens is 3. The number of pyridine rings is 1. The van der Waals surface area contributed by atoms with Crippen molar-refractivity contribution in [1.82, 2.24) is 20.1 Å². The Hall–Kier alpha value is -2.72. The van der Waals surface area contributed by atoms with Crippen molar-refractivity contribution in [3.8, 4) is 6.07 Å². The van der Waals surface area contributed by atoms with Gasteiger partial charge in [-0.2, -0.15) is 10.4 Å². The third-order valence-corrected chi connectivity index (χ3v) is 4.43. The molecule has 0 radical (unpaired) electrons. The second-order valence-electron chi connectivity index (χ2n) is 6.02. The first-order valence-electron chi connectivity index (χ1n) is 8.50. The number of nitrogens with zero attached hydrogens (tertiary/aromatic N) is 4. The topological polar surface area (TPSA) is 92.8 Å². The van der Waals surface area contributed by atoms with Crippen molar-refractivity contribution < 1.29 is 9.53 Å². The molecule has 2 aromatic heterocycles. The maximum absolute atomic E-state index is 12.3. The van der Waals surface area contributed by atoms with Gasteiger partial charge in [0, 0.05) is 38.0 Å².